The number of methoxy groups -OCH3 is 1. The number of para-hydroxylation sites is 1. The van der Waals surface area contributed by atoms with E-state index in [1.165, 1.54) is 4.90 Å². The first-order valence-corrected chi connectivity index (χ1v) is 12.1. The highest BCUT2D eigenvalue weighted by Gasteiger charge is 2.77. The average Bonchev–Trinajstić information content (AvgIpc) is 3.43. The molecule has 182 valence electrons. The van der Waals surface area contributed by atoms with Gasteiger partial charge in [0.15, 0.2) is 0 Å². The third kappa shape index (κ3) is 2.75. The van der Waals surface area contributed by atoms with E-state index in [2.05, 4.69) is 5.32 Å². The molecule has 3 aliphatic rings. The maximum absolute atomic E-state index is 14.6. The van der Waals surface area contributed by atoms with Crippen molar-refractivity contribution >= 4 is 40.7 Å². The molecule has 0 saturated carbocycles. The minimum Gasteiger partial charge on any atom is -0.497 e. The molecule has 2 saturated heterocycles. The third-order valence-corrected chi connectivity index (χ3v) is 8.28. The molecular weight excluding hydrogens is 478 g/mol. The van der Waals surface area contributed by atoms with Crippen LogP contribution in [-0.2, 0) is 19.9 Å². The number of amides is 3. The molecule has 8 heteroatoms. The Labute approximate surface area is 213 Å². The summed E-state index contributed by atoms with van der Waals surface area (Å²) < 4.78 is 5.33. The number of anilines is 2. The van der Waals surface area contributed by atoms with Crippen molar-refractivity contribution in [1.82, 2.24) is 4.90 Å². The van der Waals surface area contributed by atoms with Gasteiger partial charge in [0.05, 0.1) is 18.2 Å². The van der Waals surface area contributed by atoms with Crippen LogP contribution in [0.3, 0.4) is 0 Å². The number of imide groups is 1. The molecule has 7 nitrogen and oxygen atoms in total. The van der Waals surface area contributed by atoms with E-state index < -0.39 is 16.9 Å². The van der Waals surface area contributed by atoms with Crippen LogP contribution in [0.2, 0.25) is 5.02 Å². The minimum absolute atomic E-state index is 0.1000. The van der Waals surface area contributed by atoms with Gasteiger partial charge in [-0.1, -0.05) is 41.9 Å². The zero-order valence-electron chi connectivity index (χ0n) is 19.8. The van der Waals surface area contributed by atoms with Crippen LogP contribution >= 0.6 is 11.6 Å². The van der Waals surface area contributed by atoms with Crippen molar-refractivity contribution in [2.24, 2.45) is 5.41 Å². The molecular formula is C28H24ClN3O4. The van der Waals surface area contributed by atoms with Gasteiger partial charge in [-0.3, -0.25) is 19.3 Å². The average molecular weight is 502 g/mol. The first-order valence-electron chi connectivity index (χ1n) is 11.7. The van der Waals surface area contributed by atoms with Gasteiger partial charge in [-0.05, 0) is 55.1 Å². The highest BCUT2D eigenvalue weighted by Crippen LogP contribution is 2.66. The van der Waals surface area contributed by atoms with Crippen LogP contribution in [0.1, 0.15) is 23.5 Å². The number of nitrogens with zero attached hydrogens (tertiary/aromatic N) is 2. The number of nitrogens with one attached hydrogen (secondary N) is 1. The minimum atomic E-state index is -1.36. The van der Waals surface area contributed by atoms with Crippen molar-refractivity contribution in [3.05, 3.63) is 88.9 Å². The molecule has 0 aromatic heterocycles. The fraction of sp³-hybridized carbons (Fsp3) is 0.250. The number of carbonyl (C=O) groups is 3. The number of halogens is 1. The molecule has 3 aromatic rings. The van der Waals surface area contributed by atoms with Crippen molar-refractivity contribution in [1.29, 1.82) is 0 Å². The van der Waals surface area contributed by atoms with Crippen LogP contribution in [0, 0.1) is 5.41 Å². The first-order chi connectivity index (χ1) is 17.3. The maximum atomic E-state index is 14.6. The van der Waals surface area contributed by atoms with Crippen LogP contribution in [0.5, 0.6) is 5.75 Å². The molecule has 3 aromatic carbocycles. The Bertz CT molecular complexity index is 1410. The number of fused-ring (bicyclic) bond motifs is 3. The van der Waals surface area contributed by atoms with E-state index in [1.54, 1.807) is 31.4 Å². The second-order valence-corrected chi connectivity index (χ2v) is 10.0. The summed E-state index contributed by atoms with van der Waals surface area (Å²) in [7, 11) is 3.45. The van der Waals surface area contributed by atoms with Crippen LogP contribution in [0.15, 0.2) is 72.8 Å². The summed E-state index contributed by atoms with van der Waals surface area (Å²) in [6, 6.07) is 21.6. The Morgan fingerprint density at radius 3 is 2.36 bits per heavy atom. The second kappa shape index (κ2) is 7.91. The van der Waals surface area contributed by atoms with Gasteiger partial charge >= 0.3 is 0 Å². The summed E-state index contributed by atoms with van der Waals surface area (Å²) in [4.78, 5) is 45.5. The van der Waals surface area contributed by atoms with Crippen molar-refractivity contribution in [3.63, 3.8) is 0 Å². The van der Waals surface area contributed by atoms with E-state index in [4.69, 9.17) is 16.3 Å². The topological polar surface area (TPSA) is 79.0 Å². The van der Waals surface area contributed by atoms with Gasteiger partial charge < -0.3 is 10.1 Å². The zero-order valence-corrected chi connectivity index (χ0v) is 20.6. The molecule has 0 unspecified atom stereocenters. The number of rotatable bonds is 3. The number of hydrogen-bond donors (Lipinski definition) is 1. The van der Waals surface area contributed by atoms with Gasteiger partial charge in [0.25, 0.3) is 5.91 Å². The van der Waals surface area contributed by atoms with Crippen molar-refractivity contribution in [2.45, 2.75) is 17.9 Å². The molecule has 3 amide bonds. The summed E-state index contributed by atoms with van der Waals surface area (Å²) in [5.41, 5.74) is -0.0138. The van der Waals surface area contributed by atoms with Crippen LogP contribution in [-0.4, -0.2) is 43.3 Å². The molecule has 2 fully saturated rings. The molecule has 1 N–H and O–H groups in total. The van der Waals surface area contributed by atoms with Crippen LogP contribution in [0.4, 0.5) is 11.4 Å². The number of ether oxygens (including phenoxy) is 1. The monoisotopic (exact) mass is 501 g/mol. The van der Waals surface area contributed by atoms with Gasteiger partial charge in [-0.25, -0.2) is 4.90 Å². The number of hydrogen-bond acceptors (Lipinski definition) is 5. The van der Waals surface area contributed by atoms with Crippen LogP contribution in [0.25, 0.3) is 0 Å². The molecule has 36 heavy (non-hydrogen) atoms. The summed E-state index contributed by atoms with van der Waals surface area (Å²) in [5, 5.41) is 3.50. The lowest BCUT2D eigenvalue weighted by atomic mass is 9.60. The summed E-state index contributed by atoms with van der Waals surface area (Å²) in [6.07, 6.45) is -0.1000. The largest absolute Gasteiger partial charge is 0.497 e. The Balaban J connectivity index is 1.60. The van der Waals surface area contributed by atoms with E-state index in [0.29, 0.717) is 34.3 Å². The van der Waals surface area contributed by atoms with E-state index in [1.807, 2.05) is 60.5 Å². The molecule has 3 aliphatic heterocycles. The lowest BCUT2D eigenvalue weighted by Gasteiger charge is -2.42. The van der Waals surface area contributed by atoms with E-state index in [0.717, 1.165) is 5.56 Å². The lowest BCUT2D eigenvalue weighted by molar-refractivity contribution is -0.142. The Kier molecular flexibility index (Phi) is 5.00. The molecule has 0 bridgehead atoms. The highest BCUT2D eigenvalue weighted by molar-refractivity contribution is 6.31. The van der Waals surface area contributed by atoms with Crippen molar-refractivity contribution in [2.75, 3.05) is 30.9 Å². The summed E-state index contributed by atoms with van der Waals surface area (Å²) >= 11 is 6.07. The normalized spacial score (nSPS) is 27.2. The van der Waals surface area contributed by atoms with E-state index in [9.17, 15) is 14.4 Å². The standard InChI is InChI=1S/C28H24ClN3O4/c1-31-16-22(17-7-13-20(36-2)14-8-17)27(28(31)21-5-3-4-6-23(21)30-25(28)34)15-24(33)32(26(27)35)19-11-9-18(29)10-12-19/h3-14,22H,15-16H2,1-2H3,(H,30,34)/t22-,27+,28+/m1/s1. The summed E-state index contributed by atoms with van der Waals surface area (Å²) in [5.74, 6) is -0.741. The molecule has 3 heterocycles. The van der Waals surface area contributed by atoms with Gasteiger partial charge in [0.1, 0.15) is 11.3 Å². The molecule has 0 radical (unpaired) electrons. The van der Waals surface area contributed by atoms with Gasteiger partial charge in [0, 0.05) is 35.2 Å². The van der Waals surface area contributed by atoms with Crippen LogP contribution < -0.4 is 15.0 Å². The quantitative estimate of drug-likeness (QED) is 0.545. The smallest absolute Gasteiger partial charge is 0.250 e. The second-order valence-electron chi connectivity index (χ2n) is 9.58. The fourth-order valence-electron chi connectivity index (χ4n) is 6.56. The number of carbonyl (C=O) groups excluding carboxylic acids is 3. The van der Waals surface area contributed by atoms with Gasteiger partial charge in [-0.2, -0.15) is 0 Å². The number of likely N-dealkylation sites (N-methyl/N-ethyl adjacent to an activating group) is 1. The third-order valence-electron chi connectivity index (χ3n) is 8.03. The van der Waals surface area contributed by atoms with Crippen molar-refractivity contribution in [3.8, 4) is 5.75 Å². The molecule has 2 spiro atoms. The highest BCUT2D eigenvalue weighted by atomic mass is 35.5. The summed E-state index contributed by atoms with van der Waals surface area (Å²) in [6.45, 7) is 0.418. The predicted octanol–water partition coefficient (Wildman–Crippen LogP) is 4.18. The predicted molar refractivity (Wildman–Crippen MR) is 136 cm³/mol. The number of likely N-dealkylation sites (tertiary alicyclic amines) is 1. The SMILES string of the molecule is COc1ccc([C@H]2CN(C)[C@@]3(C(=O)Nc4ccccc43)[C@@]23CC(=O)N(c2ccc(Cl)cc2)C3=O)cc1. The zero-order chi connectivity index (χ0) is 25.2. The molecule has 0 aliphatic carbocycles. The van der Waals surface area contributed by atoms with Crippen molar-refractivity contribution < 1.29 is 19.1 Å². The number of benzene rings is 3. The van der Waals surface area contributed by atoms with E-state index in [-0.39, 0.29) is 24.1 Å². The Hall–Kier alpha value is -3.68. The first kappa shape index (κ1) is 22.8. The Morgan fingerprint density at radius 1 is 0.972 bits per heavy atom. The van der Waals surface area contributed by atoms with Gasteiger partial charge in [-0.15, -0.1) is 0 Å². The fourth-order valence-corrected chi connectivity index (χ4v) is 6.69. The van der Waals surface area contributed by atoms with Gasteiger partial charge in [0.2, 0.25) is 11.8 Å². The maximum Gasteiger partial charge on any atom is 0.250 e. The lowest BCUT2D eigenvalue weighted by Crippen LogP contribution is -2.58. The van der Waals surface area contributed by atoms with E-state index >= 15 is 0 Å². The molecule has 6 rings (SSSR count). The molecule has 3 atom stereocenters. The Morgan fingerprint density at radius 2 is 1.67 bits per heavy atom.